The number of halogens is 1. The zero-order chi connectivity index (χ0) is 10.7. The molecule has 1 aromatic heterocycles. The summed E-state index contributed by atoms with van der Waals surface area (Å²) in [6.07, 6.45) is 4.19. The fourth-order valence-corrected chi connectivity index (χ4v) is 2.02. The zero-order valence-electron chi connectivity index (χ0n) is 8.78. The lowest BCUT2D eigenvalue weighted by atomic mass is 10.2. The number of rotatable bonds is 3. The smallest absolute Gasteiger partial charge is 0.224 e. The van der Waals surface area contributed by atoms with Crippen LogP contribution in [0.1, 0.15) is 12.8 Å². The zero-order valence-corrected chi connectivity index (χ0v) is 9.54. The van der Waals surface area contributed by atoms with Gasteiger partial charge < -0.3 is 10.2 Å². The van der Waals surface area contributed by atoms with E-state index in [4.69, 9.17) is 11.6 Å². The third kappa shape index (κ3) is 2.79. The number of nitrogens with one attached hydrogen (secondary N) is 1. The molecular formula is C10H15ClN4. The highest BCUT2D eigenvalue weighted by Crippen LogP contribution is 2.13. The summed E-state index contributed by atoms with van der Waals surface area (Å²) in [6.45, 7) is 2.09. The van der Waals surface area contributed by atoms with Crippen LogP contribution >= 0.6 is 11.6 Å². The molecule has 1 aliphatic rings. The normalized spacial score (nSPS) is 20.5. The molecule has 0 aliphatic carbocycles. The molecule has 0 spiro atoms. The second-order valence-electron chi connectivity index (χ2n) is 3.86. The van der Waals surface area contributed by atoms with E-state index in [1.54, 1.807) is 6.20 Å². The van der Waals surface area contributed by atoms with E-state index in [9.17, 15) is 0 Å². The van der Waals surface area contributed by atoms with Crippen LogP contribution in [0.5, 0.6) is 0 Å². The molecule has 1 saturated heterocycles. The fourth-order valence-electron chi connectivity index (χ4n) is 1.88. The number of anilines is 1. The Kier molecular flexibility index (Phi) is 3.38. The molecule has 5 heteroatoms. The fraction of sp³-hybridized carbons (Fsp3) is 0.600. The van der Waals surface area contributed by atoms with Crippen molar-refractivity contribution < 1.29 is 0 Å². The minimum absolute atomic E-state index is 0.304. The first kappa shape index (κ1) is 10.6. The molecule has 1 atom stereocenters. The summed E-state index contributed by atoms with van der Waals surface area (Å²) in [5.74, 6) is 0.878. The van der Waals surface area contributed by atoms with Crippen molar-refractivity contribution in [2.24, 2.45) is 0 Å². The van der Waals surface area contributed by atoms with E-state index in [-0.39, 0.29) is 0 Å². The van der Waals surface area contributed by atoms with Crippen LogP contribution in [-0.2, 0) is 0 Å². The van der Waals surface area contributed by atoms with Crippen LogP contribution in [0.15, 0.2) is 12.3 Å². The molecule has 0 radical (unpaired) electrons. The second kappa shape index (κ2) is 4.77. The number of aromatic nitrogens is 2. The Morgan fingerprint density at radius 1 is 1.67 bits per heavy atom. The van der Waals surface area contributed by atoms with Gasteiger partial charge in [0.2, 0.25) is 5.28 Å². The third-order valence-electron chi connectivity index (χ3n) is 2.66. The van der Waals surface area contributed by atoms with Gasteiger partial charge in [0, 0.05) is 25.8 Å². The third-order valence-corrected chi connectivity index (χ3v) is 2.84. The molecule has 15 heavy (non-hydrogen) atoms. The van der Waals surface area contributed by atoms with Gasteiger partial charge in [0.1, 0.15) is 5.82 Å². The lowest BCUT2D eigenvalue weighted by Crippen LogP contribution is -2.35. The molecule has 0 unspecified atom stereocenters. The average molecular weight is 227 g/mol. The van der Waals surface area contributed by atoms with E-state index in [1.165, 1.54) is 12.8 Å². The summed E-state index contributed by atoms with van der Waals surface area (Å²) in [7, 11) is 2.03. The predicted molar refractivity (Wildman–Crippen MR) is 61.3 cm³/mol. The van der Waals surface area contributed by atoms with E-state index in [2.05, 4.69) is 20.2 Å². The van der Waals surface area contributed by atoms with Crippen molar-refractivity contribution in [1.82, 2.24) is 15.3 Å². The first-order chi connectivity index (χ1) is 7.25. The van der Waals surface area contributed by atoms with Gasteiger partial charge in [-0.1, -0.05) is 0 Å². The average Bonchev–Trinajstić information content (AvgIpc) is 2.70. The van der Waals surface area contributed by atoms with Gasteiger partial charge in [-0.3, -0.25) is 0 Å². The quantitative estimate of drug-likeness (QED) is 0.790. The highest BCUT2D eigenvalue weighted by atomic mass is 35.5. The molecule has 0 bridgehead atoms. The topological polar surface area (TPSA) is 41.0 Å². The summed E-state index contributed by atoms with van der Waals surface area (Å²) in [5, 5.41) is 3.76. The van der Waals surface area contributed by atoms with Crippen LogP contribution in [0, 0.1) is 0 Å². The largest absolute Gasteiger partial charge is 0.358 e. The molecule has 1 aliphatic heterocycles. The van der Waals surface area contributed by atoms with E-state index in [0.29, 0.717) is 11.3 Å². The molecule has 0 amide bonds. The Hall–Kier alpha value is -0.870. The van der Waals surface area contributed by atoms with Crippen molar-refractivity contribution in [3.05, 3.63) is 17.5 Å². The molecule has 2 rings (SSSR count). The number of hydrogen-bond donors (Lipinski definition) is 1. The highest BCUT2D eigenvalue weighted by molar-refractivity contribution is 6.28. The molecule has 2 heterocycles. The van der Waals surface area contributed by atoms with Crippen molar-refractivity contribution in [1.29, 1.82) is 0 Å². The van der Waals surface area contributed by atoms with E-state index < -0.39 is 0 Å². The lowest BCUT2D eigenvalue weighted by molar-refractivity contribution is 0.597. The van der Waals surface area contributed by atoms with Gasteiger partial charge in [-0.25, -0.2) is 9.97 Å². The maximum atomic E-state index is 5.74. The maximum absolute atomic E-state index is 5.74. The summed E-state index contributed by atoms with van der Waals surface area (Å²) in [5.41, 5.74) is 0. The summed E-state index contributed by atoms with van der Waals surface area (Å²) < 4.78 is 0. The number of hydrogen-bond acceptors (Lipinski definition) is 4. The van der Waals surface area contributed by atoms with Crippen LogP contribution in [0.25, 0.3) is 0 Å². The Morgan fingerprint density at radius 2 is 2.53 bits per heavy atom. The number of likely N-dealkylation sites (N-methyl/N-ethyl adjacent to an activating group) is 1. The van der Waals surface area contributed by atoms with Crippen molar-refractivity contribution in [3.63, 3.8) is 0 Å². The van der Waals surface area contributed by atoms with Crippen LogP contribution in [0.2, 0.25) is 5.28 Å². The predicted octanol–water partition coefficient (Wildman–Crippen LogP) is 1.32. The molecule has 1 fully saturated rings. The molecular weight excluding hydrogens is 212 g/mol. The van der Waals surface area contributed by atoms with Gasteiger partial charge in [-0.2, -0.15) is 0 Å². The van der Waals surface area contributed by atoms with Crippen LogP contribution in [0.3, 0.4) is 0 Å². The summed E-state index contributed by atoms with van der Waals surface area (Å²) >= 11 is 5.74. The Labute approximate surface area is 94.7 Å². The van der Waals surface area contributed by atoms with E-state index in [1.807, 2.05) is 13.1 Å². The van der Waals surface area contributed by atoms with Crippen molar-refractivity contribution in [2.45, 2.75) is 18.9 Å². The monoisotopic (exact) mass is 226 g/mol. The van der Waals surface area contributed by atoms with Crippen LogP contribution in [-0.4, -0.2) is 36.1 Å². The van der Waals surface area contributed by atoms with Gasteiger partial charge in [0.25, 0.3) is 0 Å². The van der Waals surface area contributed by atoms with Crippen LogP contribution < -0.4 is 10.2 Å². The summed E-state index contributed by atoms with van der Waals surface area (Å²) in [4.78, 5) is 10.1. The molecule has 0 saturated carbocycles. The van der Waals surface area contributed by atoms with Gasteiger partial charge in [-0.15, -0.1) is 0 Å². The molecule has 0 aromatic carbocycles. The van der Waals surface area contributed by atoms with Crippen LogP contribution in [0.4, 0.5) is 5.82 Å². The van der Waals surface area contributed by atoms with Gasteiger partial charge in [-0.05, 0) is 37.1 Å². The van der Waals surface area contributed by atoms with Crippen molar-refractivity contribution in [3.8, 4) is 0 Å². The van der Waals surface area contributed by atoms with Crippen molar-refractivity contribution in [2.75, 3.05) is 25.0 Å². The summed E-state index contributed by atoms with van der Waals surface area (Å²) in [6, 6.07) is 2.45. The van der Waals surface area contributed by atoms with Gasteiger partial charge >= 0.3 is 0 Å². The van der Waals surface area contributed by atoms with E-state index in [0.717, 1.165) is 18.9 Å². The Morgan fingerprint density at radius 3 is 3.20 bits per heavy atom. The Bertz CT molecular complexity index is 325. The molecule has 82 valence electrons. The second-order valence-corrected chi connectivity index (χ2v) is 4.20. The maximum Gasteiger partial charge on any atom is 0.224 e. The molecule has 1 aromatic rings. The lowest BCUT2D eigenvalue weighted by Gasteiger charge is -2.21. The first-order valence-corrected chi connectivity index (χ1v) is 5.56. The molecule has 4 nitrogen and oxygen atoms in total. The van der Waals surface area contributed by atoms with Gasteiger partial charge in [0.05, 0.1) is 0 Å². The van der Waals surface area contributed by atoms with Gasteiger partial charge in [0.15, 0.2) is 0 Å². The molecule has 1 N–H and O–H groups in total. The number of nitrogens with zero attached hydrogens (tertiary/aromatic N) is 3. The standard InChI is InChI=1S/C10H15ClN4/c1-15(7-8-3-2-5-12-8)9-4-6-13-10(11)14-9/h4,6,8,12H,2-3,5,7H2,1H3/t8-/m0/s1. The minimum Gasteiger partial charge on any atom is -0.358 e. The SMILES string of the molecule is CN(C[C@@H]1CCCN1)c1ccnc(Cl)n1. The van der Waals surface area contributed by atoms with Crippen molar-refractivity contribution >= 4 is 17.4 Å². The Balaban J connectivity index is 1.97. The highest BCUT2D eigenvalue weighted by Gasteiger charge is 2.16. The van der Waals surface area contributed by atoms with E-state index >= 15 is 0 Å². The minimum atomic E-state index is 0.304. The first-order valence-electron chi connectivity index (χ1n) is 5.19.